The summed E-state index contributed by atoms with van der Waals surface area (Å²) >= 11 is 3.23. The predicted molar refractivity (Wildman–Crippen MR) is 104 cm³/mol. The predicted octanol–water partition coefficient (Wildman–Crippen LogP) is 2.74. The minimum absolute atomic E-state index is 0.840. The monoisotopic (exact) mass is 368 g/mol. The van der Waals surface area contributed by atoms with Crippen LogP contribution in [0.1, 0.15) is 0 Å². The first-order valence-corrected chi connectivity index (χ1v) is 9.31. The molecule has 0 amide bonds. The second kappa shape index (κ2) is 6.66. The van der Waals surface area contributed by atoms with Crippen molar-refractivity contribution in [3.63, 3.8) is 0 Å². The Hall–Kier alpha value is -2.71. The SMILES string of the molecule is Cn1/c(=N\N=C\N/N=c2/sc3ccccc3n2C)sc2ccccc21. The van der Waals surface area contributed by atoms with Gasteiger partial charge in [-0.05, 0) is 24.3 Å². The summed E-state index contributed by atoms with van der Waals surface area (Å²) in [7, 11) is 3.99. The molecule has 0 bridgehead atoms. The summed E-state index contributed by atoms with van der Waals surface area (Å²) in [5.41, 5.74) is 5.16. The Balaban J connectivity index is 1.58. The van der Waals surface area contributed by atoms with E-state index in [0.717, 1.165) is 20.6 Å². The molecule has 25 heavy (non-hydrogen) atoms. The van der Waals surface area contributed by atoms with Gasteiger partial charge in [0.25, 0.3) is 0 Å². The number of rotatable bonds is 3. The van der Waals surface area contributed by atoms with Gasteiger partial charge in [0.05, 0.1) is 20.4 Å². The number of fused-ring (bicyclic) bond motifs is 2. The van der Waals surface area contributed by atoms with Crippen LogP contribution >= 0.6 is 22.7 Å². The van der Waals surface area contributed by atoms with Gasteiger partial charge in [-0.1, -0.05) is 46.9 Å². The van der Waals surface area contributed by atoms with E-state index in [0.29, 0.717) is 0 Å². The molecular formula is C17H16N6S2. The Morgan fingerprint density at radius 3 is 2.04 bits per heavy atom. The first kappa shape index (κ1) is 15.8. The van der Waals surface area contributed by atoms with Crippen LogP contribution in [0.4, 0.5) is 0 Å². The van der Waals surface area contributed by atoms with Crippen molar-refractivity contribution in [2.45, 2.75) is 0 Å². The van der Waals surface area contributed by atoms with Gasteiger partial charge < -0.3 is 9.13 Å². The zero-order valence-corrected chi connectivity index (χ0v) is 15.4. The maximum Gasteiger partial charge on any atom is 0.211 e. The summed E-state index contributed by atoms with van der Waals surface area (Å²) in [6.45, 7) is 0. The van der Waals surface area contributed by atoms with Crippen molar-refractivity contribution in [2.24, 2.45) is 29.4 Å². The van der Waals surface area contributed by atoms with E-state index in [1.54, 1.807) is 22.7 Å². The molecule has 0 aliphatic heterocycles. The molecule has 4 aromatic rings. The molecule has 0 saturated carbocycles. The Morgan fingerprint density at radius 1 is 0.840 bits per heavy atom. The quantitative estimate of drug-likeness (QED) is 0.337. The lowest BCUT2D eigenvalue weighted by Gasteiger charge is -1.93. The van der Waals surface area contributed by atoms with Crippen LogP contribution < -0.4 is 15.0 Å². The highest BCUT2D eigenvalue weighted by molar-refractivity contribution is 7.16. The molecule has 0 spiro atoms. The van der Waals surface area contributed by atoms with Crippen LogP contribution in [0.2, 0.25) is 0 Å². The Kier molecular flexibility index (Phi) is 4.21. The number of para-hydroxylation sites is 2. The molecule has 0 fully saturated rings. The third kappa shape index (κ3) is 3.01. The molecule has 0 aliphatic carbocycles. The van der Waals surface area contributed by atoms with E-state index < -0.39 is 0 Å². The van der Waals surface area contributed by atoms with Gasteiger partial charge in [0.1, 0.15) is 6.34 Å². The average Bonchev–Trinajstić information content (AvgIpc) is 3.13. The number of hydrogen-bond acceptors (Lipinski definition) is 5. The van der Waals surface area contributed by atoms with Crippen molar-refractivity contribution in [1.82, 2.24) is 14.6 Å². The summed E-state index contributed by atoms with van der Waals surface area (Å²) in [5, 5.41) is 12.7. The molecule has 0 saturated heterocycles. The maximum atomic E-state index is 4.36. The Labute approximate surface area is 151 Å². The smallest absolute Gasteiger partial charge is 0.211 e. The third-order valence-electron chi connectivity index (χ3n) is 3.85. The molecule has 2 heterocycles. The highest BCUT2D eigenvalue weighted by Gasteiger charge is 2.01. The lowest BCUT2D eigenvalue weighted by Crippen LogP contribution is -2.16. The van der Waals surface area contributed by atoms with Gasteiger partial charge in [0.2, 0.25) is 9.60 Å². The molecule has 8 heteroatoms. The highest BCUT2D eigenvalue weighted by atomic mass is 32.1. The van der Waals surface area contributed by atoms with E-state index in [-0.39, 0.29) is 0 Å². The molecule has 4 rings (SSSR count). The first-order chi connectivity index (χ1) is 12.2. The van der Waals surface area contributed by atoms with Gasteiger partial charge in [-0.2, -0.15) is 0 Å². The zero-order valence-electron chi connectivity index (χ0n) is 13.7. The molecule has 6 nitrogen and oxygen atoms in total. The lowest BCUT2D eigenvalue weighted by molar-refractivity contribution is 0.849. The minimum Gasteiger partial charge on any atom is -0.318 e. The fourth-order valence-corrected chi connectivity index (χ4v) is 4.52. The molecule has 2 aromatic carbocycles. The largest absolute Gasteiger partial charge is 0.318 e. The molecule has 0 unspecified atom stereocenters. The van der Waals surface area contributed by atoms with E-state index in [2.05, 4.69) is 45.0 Å². The number of nitrogens with one attached hydrogen (secondary N) is 1. The first-order valence-electron chi connectivity index (χ1n) is 7.68. The average molecular weight is 368 g/mol. The van der Waals surface area contributed by atoms with Gasteiger partial charge >= 0.3 is 0 Å². The number of aromatic nitrogens is 2. The number of thiazole rings is 2. The van der Waals surface area contributed by atoms with E-state index in [1.165, 1.54) is 15.7 Å². The van der Waals surface area contributed by atoms with Crippen molar-refractivity contribution in [3.05, 3.63) is 58.1 Å². The van der Waals surface area contributed by atoms with Gasteiger partial charge in [-0.15, -0.1) is 15.3 Å². The Bertz CT molecular complexity index is 1210. The molecule has 126 valence electrons. The van der Waals surface area contributed by atoms with Crippen molar-refractivity contribution in [1.29, 1.82) is 0 Å². The third-order valence-corrected chi connectivity index (χ3v) is 6.06. The van der Waals surface area contributed by atoms with Crippen LogP contribution in [0.5, 0.6) is 0 Å². The van der Waals surface area contributed by atoms with Crippen LogP contribution in [-0.2, 0) is 14.1 Å². The molecule has 0 radical (unpaired) electrons. The second-order valence-corrected chi connectivity index (χ2v) is 7.43. The van der Waals surface area contributed by atoms with Gasteiger partial charge in [0, 0.05) is 14.1 Å². The molecule has 2 aromatic heterocycles. The van der Waals surface area contributed by atoms with E-state index in [9.17, 15) is 0 Å². The topological polar surface area (TPSA) is 59.0 Å². The van der Waals surface area contributed by atoms with Crippen molar-refractivity contribution in [2.75, 3.05) is 0 Å². The van der Waals surface area contributed by atoms with Gasteiger partial charge in [-0.3, -0.25) is 5.43 Å². The summed E-state index contributed by atoms with van der Waals surface area (Å²) < 4.78 is 6.46. The molecule has 0 aliphatic rings. The Morgan fingerprint density at radius 2 is 1.40 bits per heavy atom. The van der Waals surface area contributed by atoms with Crippen molar-refractivity contribution < 1.29 is 0 Å². The minimum atomic E-state index is 0.840. The summed E-state index contributed by atoms with van der Waals surface area (Å²) in [4.78, 5) is 1.71. The molecule has 0 atom stereocenters. The standard InChI is InChI=1S/C17H16N6S2/c1-22-12-7-3-5-9-14(12)24-16(22)20-18-11-19-21-17-23(2)13-8-4-6-10-15(13)25-17/h3-11H,1-2H3,(H,18,19)/b20-16+,21-17+. The number of hydrogen-bond donors (Lipinski definition) is 1. The molecule has 1 N–H and O–H groups in total. The number of aryl methyl sites for hydroxylation is 2. The summed E-state index contributed by atoms with van der Waals surface area (Å²) in [6.07, 6.45) is 1.49. The van der Waals surface area contributed by atoms with Crippen LogP contribution in [0.15, 0.2) is 63.8 Å². The van der Waals surface area contributed by atoms with E-state index in [4.69, 9.17) is 0 Å². The van der Waals surface area contributed by atoms with Crippen LogP contribution in [0.25, 0.3) is 20.4 Å². The van der Waals surface area contributed by atoms with Crippen LogP contribution in [-0.4, -0.2) is 15.5 Å². The fourth-order valence-electron chi connectivity index (χ4n) is 2.55. The van der Waals surface area contributed by atoms with Gasteiger partial charge in [-0.25, -0.2) is 0 Å². The second-order valence-electron chi connectivity index (χ2n) is 5.41. The van der Waals surface area contributed by atoms with E-state index >= 15 is 0 Å². The van der Waals surface area contributed by atoms with Crippen LogP contribution in [0.3, 0.4) is 0 Å². The van der Waals surface area contributed by atoms with Crippen LogP contribution in [0, 0.1) is 0 Å². The summed E-state index contributed by atoms with van der Waals surface area (Å²) in [6, 6.07) is 16.4. The van der Waals surface area contributed by atoms with Crippen molar-refractivity contribution >= 4 is 49.4 Å². The zero-order chi connectivity index (χ0) is 17.2. The fraction of sp³-hybridized carbons (Fsp3) is 0.118. The van der Waals surface area contributed by atoms with Crippen molar-refractivity contribution in [3.8, 4) is 0 Å². The highest BCUT2D eigenvalue weighted by Crippen LogP contribution is 2.15. The maximum absolute atomic E-state index is 4.36. The normalized spacial score (nSPS) is 13.5. The lowest BCUT2D eigenvalue weighted by atomic mass is 10.3. The molecular weight excluding hydrogens is 352 g/mol. The van der Waals surface area contributed by atoms with Gasteiger partial charge in [0.15, 0.2) is 0 Å². The summed E-state index contributed by atoms with van der Waals surface area (Å²) in [5.74, 6) is 0. The van der Waals surface area contributed by atoms with E-state index in [1.807, 2.05) is 47.5 Å². The number of nitrogens with zero attached hydrogens (tertiary/aromatic N) is 5. The number of benzene rings is 2.